The lowest BCUT2D eigenvalue weighted by atomic mass is 9.92. The fourth-order valence-corrected chi connectivity index (χ4v) is 9.51. The zero-order chi connectivity index (χ0) is 43.5. The summed E-state index contributed by atoms with van der Waals surface area (Å²) in [5.41, 5.74) is 3.15. The lowest BCUT2D eigenvalue weighted by Crippen LogP contribution is -2.33. The largest absolute Gasteiger partial charge is 0.426 e. The summed E-state index contributed by atoms with van der Waals surface area (Å²) in [4.78, 5) is 80.6. The van der Waals surface area contributed by atoms with Crippen LogP contribution in [0.15, 0.2) is 84.9 Å². The molecular weight excluding hydrogens is 836 g/mol. The molecular formula is C46H43ClN4O10S. The van der Waals surface area contributed by atoms with Gasteiger partial charge < -0.3 is 29.2 Å². The fraction of sp³-hybridized carbons (Fsp3) is 0.304. The van der Waals surface area contributed by atoms with Gasteiger partial charge in [-0.2, -0.15) is 0 Å². The predicted molar refractivity (Wildman–Crippen MR) is 233 cm³/mol. The third kappa shape index (κ3) is 8.46. The van der Waals surface area contributed by atoms with Gasteiger partial charge in [-0.1, -0.05) is 55.5 Å². The zero-order valence-corrected chi connectivity index (χ0v) is 35.5. The Labute approximate surface area is 365 Å². The number of thiophene rings is 1. The van der Waals surface area contributed by atoms with Crippen molar-refractivity contribution in [1.82, 2.24) is 15.5 Å². The van der Waals surface area contributed by atoms with Crippen LogP contribution in [0.5, 0.6) is 11.5 Å². The Kier molecular flexibility index (Phi) is 12.8. The molecule has 16 heteroatoms. The highest BCUT2D eigenvalue weighted by Crippen LogP contribution is 2.47. The molecule has 0 bridgehead atoms. The maximum atomic E-state index is 14.4. The van der Waals surface area contributed by atoms with Crippen LogP contribution in [-0.4, -0.2) is 92.4 Å². The van der Waals surface area contributed by atoms with Crippen LogP contribution >= 0.6 is 22.9 Å². The molecule has 8 rings (SSSR count). The molecule has 4 amide bonds. The van der Waals surface area contributed by atoms with E-state index in [4.69, 9.17) is 30.5 Å². The van der Waals surface area contributed by atoms with Crippen molar-refractivity contribution in [2.45, 2.75) is 38.3 Å². The predicted octanol–water partition coefficient (Wildman–Crippen LogP) is 6.99. The van der Waals surface area contributed by atoms with Crippen LogP contribution in [0.25, 0.3) is 21.5 Å². The summed E-state index contributed by atoms with van der Waals surface area (Å²) < 4.78 is 22.4. The van der Waals surface area contributed by atoms with Crippen molar-refractivity contribution in [2.75, 3.05) is 56.8 Å². The zero-order valence-electron chi connectivity index (χ0n) is 33.9. The molecule has 0 spiro atoms. The van der Waals surface area contributed by atoms with Gasteiger partial charge in [0, 0.05) is 66.8 Å². The Morgan fingerprint density at radius 3 is 2.10 bits per heavy atom. The Morgan fingerprint density at radius 1 is 0.806 bits per heavy atom. The number of nitrogens with zero attached hydrogens (tertiary/aromatic N) is 2. The lowest BCUT2D eigenvalue weighted by Gasteiger charge is -2.19. The average Bonchev–Trinajstić information content (AvgIpc) is 4.07. The van der Waals surface area contributed by atoms with Gasteiger partial charge >= 0.3 is 12.1 Å². The number of amides is 4. The number of anilines is 1. The van der Waals surface area contributed by atoms with Gasteiger partial charge in [0.2, 0.25) is 0 Å². The van der Waals surface area contributed by atoms with Crippen molar-refractivity contribution in [1.29, 1.82) is 0 Å². The highest BCUT2D eigenvalue weighted by molar-refractivity contribution is 7.16. The first kappa shape index (κ1) is 42.7. The SMILES string of the molecule is CC[C@@H]1NC(C(=O)c2ccc(C(=O)N3C[C@@H](CCl)c4c3cc(OC(=O)NCCOCCOCCN3C(=O)C=CC3=O)c3ccccc43)s2)c2cc(OC(C)=O)c3ccccc3c21. The van der Waals surface area contributed by atoms with Crippen LogP contribution in [0.3, 0.4) is 0 Å². The molecule has 14 nitrogen and oxygen atoms in total. The average molecular weight is 879 g/mol. The Balaban J connectivity index is 0.946. The van der Waals surface area contributed by atoms with Gasteiger partial charge in [-0.05, 0) is 52.1 Å². The normalized spacial score (nSPS) is 17.8. The molecule has 5 aromatic rings. The van der Waals surface area contributed by atoms with Crippen LogP contribution in [0.2, 0.25) is 0 Å². The lowest BCUT2D eigenvalue weighted by molar-refractivity contribution is -0.137. The number of hydrogen-bond acceptors (Lipinski definition) is 12. The summed E-state index contributed by atoms with van der Waals surface area (Å²) in [7, 11) is 0. The molecule has 1 unspecified atom stereocenters. The molecule has 0 saturated carbocycles. The minimum Gasteiger partial charge on any atom is -0.426 e. The monoisotopic (exact) mass is 878 g/mol. The third-order valence-corrected chi connectivity index (χ3v) is 12.6. The Hall–Kier alpha value is -5.97. The number of rotatable bonds is 16. The molecule has 4 heterocycles. The molecule has 0 aliphatic carbocycles. The van der Waals surface area contributed by atoms with Crippen LogP contribution in [-0.2, 0) is 23.9 Å². The summed E-state index contributed by atoms with van der Waals surface area (Å²) in [6, 6.07) is 21.1. The number of carbonyl (C=O) groups excluding carboxylic acids is 6. The van der Waals surface area contributed by atoms with E-state index >= 15 is 0 Å². The highest BCUT2D eigenvalue weighted by atomic mass is 35.5. The van der Waals surface area contributed by atoms with E-state index in [-0.39, 0.29) is 93.2 Å². The number of alkyl halides is 1. The quantitative estimate of drug-likeness (QED) is 0.0262. The molecule has 0 radical (unpaired) electrons. The third-order valence-electron chi connectivity index (χ3n) is 11.1. The van der Waals surface area contributed by atoms with E-state index in [1.165, 1.54) is 19.1 Å². The maximum absolute atomic E-state index is 14.4. The second kappa shape index (κ2) is 18.6. The summed E-state index contributed by atoms with van der Waals surface area (Å²) in [6.45, 7) is 4.80. The van der Waals surface area contributed by atoms with Gasteiger partial charge in [0.25, 0.3) is 17.7 Å². The number of benzene rings is 4. The second-order valence-corrected chi connectivity index (χ2v) is 16.3. The number of Topliss-reactive ketones (excluding diaryl/α,β-unsaturated/α-hetero) is 1. The van der Waals surface area contributed by atoms with Crippen LogP contribution in [0, 0.1) is 0 Å². The van der Waals surface area contributed by atoms with Crippen molar-refractivity contribution >= 4 is 85.7 Å². The number of fused-ring (bicyclic) bond motifs is 6. The molecule has 320 valence electrons. The molecule has 0 saturated heterocycles. The summed E-state index contributed by atoms with van der Waals surface area (Å²) in [6.07, 6.45) is 2.45. The van der Waals surface area contributed by atoms with E-state index in [2.05, 4.69) is 10.6 Å². The molecule has 0 fully saturated rings. The summed E-state index contributed by atoms with van der Waals surface area (Å²) in [5, 5.41) is 9.36. The van der Waals surface area contributed by atoms with Gasteiger partial charge in [-0.15, -0.1) is 22.9 Å². The minimum atomic E-state index is -0.725. The molecule has 3 aliphatic heterocycles. The Morgan fingerprint density at radius 2 is 1.44 bits per heavy atom. The summed E-state index contributed by atoms with van der Waals surface area (Å²) >= 11 is 7.64. The highest BCUT2D eigenvalue weighted by Gasteiger charge is 2.39. The number of ether oxygens (including phenoxy) is 4. The number of nitrogens with one attached hydrogen (secondary N) is 2. The van der Waals surface area contributed by atoms with Crippen LogP contribution in [0.1, 0.15) is 74.3 Å². The smallest absolute Gasteiger partial charge is 0.412 e. The van der Waals surface area contributed by atoms with Gasteiger partial charge in [-0.25, -0.2) is 4.79 Å². The van der Waals surface area contributed by atoms with Crippen molar-refractivity contribution in [3.8, 4) is 11.5 Å². The Bertz CT molecular complexity index is 2630. The van der Waals surface area contributed by atoms with Crippen molar-refractivity contribution in [3.63, 3.8) is 0 Å². The number of carbonyl (C=O) groups is 6. The van der Waals surface area contributed by atoms with Crippen molar-refractivity contribution in [3.05, 3.63) is 111 Å². The topological polar surface area (TPSA) is 170 Å². The van der Waals surface area contributed by atoms with Crippen molar-refractivity contribution < 1.29 is 47.7 Å². The number of hydrogen-bond donors (Lipinski definition) is 2. The van der Waals surface area contributed by atoms with Crippen LogP contribution < -0.4 is 25.0 Å². The van der Waals surface area contributed by atoms with Crippen molar-refractivity contribution in [2.24, 2.45) is 0 Å². The minimum absolute atomic E-state index is 0.115. The van der Waals surface area contributed by atoms with Gasteiger partial charge in [-0.3, -0.25) is 34.2 Å². The van der Waals surface area contributed by atoms with E-state index < -0.39 is 18.1 Å². The first-order valence-electron chi connectivity index (χ1n) is 20.3. The van der Waals surface area contributed by atoms with E-state index in [1.54, 1.807) is 29.2 Å². The molecule has 4 aromatic carbocycles. The molecule has 1 aromatic heterocycles. The van der Waals surface area contributed by atoms with E-state index in [0.29, 0.717) is 26.6 Å². The van der Waals surface area contributed by atoms with Gasteiger partial charge in [0.1, 0.15) is 11.5 Å². The van der Waals surface area contributed by atoms with E-state index in [0.717, 1.165) is 55.5 Å². The second-order valence-electron chi connectivity index (χ2n) is 14.9. The first-order valence-corrected chi connectivity index (χ1v) is 21.6. The van der Waals surface area contributed by atoms with Gasteiger partial charge in [0.15, 0.2) is 5.78 Å². The number of halogens is 1. The number of esters is 1. The van der Waals surface area contributed by atoms with Crippen LogP contribution in [0.4, 0.5) is 10.5 Å². The molecule has 62 heavy (non-hydrogen) atoms. The van der Waals surface area contributed by atoms with E-state index in [1.807, 2.05) is 55.5 Å². The standard InChI is InChI=1S/C46H43ClN4O10S/c1-3-33-42-31-11-7-5-9-29(31)35(60-26(2)52)22-32(42)43(49-33)44(55)37-12-13-38(62-37)45(56)51-25-27(24-47)41-30-10-6-4-8-28(30)36(23-34(41)51)61-46(57)48-16-18-58-20-21-59-19-17-50-39(53)14-15-40(50)54/h4-15,22-23,27,33,43,49H,3,16-21,24-25H2,1-2H3,(H,48,57)/t27-,33+,43?/m1/s1. The molecule has 3 aliphatic rings. The van der Waals surface area contributed by atoms with E-state index in [9.17, 15) is 28.8 Å². The summed E-state index contributed by atoms with van der Waals surface area (Å²) in [5.74, 6) is -1.04. The number of imide groups is 1. The first-order chi connectivity index (χ1) is 30.1. The molecule has 3 atom stereocenters. The maximum Gasteiger partial charge on any atom is 0.412 e. The van der Waals surface area contributed by atoms with Gasteiger partial charge in [0.05, 0.1) is 54.5 Å². The molecule has 2 N–H and O–H groups in total. The number of ketones is 1. The fourth-order valence-electron chi connectivity index (χ4n) is 8.33.